The molecule has 134 valence electrons. The maximum atomic E-state index is 13.1. The number of hydrogen-bond acceptors (Lipinski definition) is 3. The van der Waals surface area contributed by atoms with Crippen LogP contribution in [0.2, 0.25) is 5.02 Å². The summed E-state index contributed by atoms with van der Waals surface area (Å²) >= 11 is 5.96. The minimum absolute atomic E-state index is 0.132. The zero-order chi connectivity index (χ0) is 18.7. The molecule has 0 saturated heterocycles. The summed E-state index contributed by atoms with van der Waals surface area (Å²) in [5, 5.41) is 1.14. The van der Waals surface area contributed by atoms with E-state index in [4.69, 9.17) is 16.3 Å². The van der Waals surface area contributed by atoms with Gasteiger partial charge in [-0.05, 0) is 42.8 Å². The third kappa shape index (κ3) is 3.94. The summed E-state index contributed by atoms with van der Waals surface area (Å²) in [5.41, 5.74) is 1.88. The van der Waals surface area contributed by atoms with Gasteiger partial charge in [0, 0.05) is 25.2 Å². The molecule has 0 fully saturated rings. The quantitative estimate of drug-likeness (QED) is 0.664. The van der Waals surface area contributed by atoms with Gasteiger partial charge in [0.05, 0.1) is 10.5 Å². The Morgan fingerprint density at radius 3 is 2.85 bits per heavy atom. The summed E-state index contributed by atoms with van der Waals surface area (Å²) < 4.78 is 18.7. The molecule has 4 nitrogen and oxygen atoms in total. The molecular weight excluding hydrogens is 355 g/mol. The molecule has 0 radical (unpaired) electrons. The Bertz CT molecular complexity index is 943. The number of carbonyl (C=O) groups is 1. The Morgan fingerprint density at radius 1 is 1.27 bits per heavy atom. The van der Waals surface area contributed by atoms with Crippen LogP contribution in [0, 0.1) is 5.82 Å². The SMILES string of the molecule is C[C@H](Oc1ccc(F)cc1Cl)C(=O)N(C)Cc1cccc2ncccc12. The van der Waals surface area contributed by atoms with Crippen molar-refractivity contribution in [2.75, 3.05) is 7.05 Å². The van der Waals surface area contributed by atoms with Gasteiger partial charge in [-0.1, -0.05) is 29.8 Å². The lowest BCUT2D eigenvalue weighted by Crippen LogP contribution is -2.37. The van der Waals surface area contributed by atoms with Crippen LogP contribution in [-0.2, 0) is 11.3 Å². The first kappa shape index (κ1) is 18.1. The van der Waals surface area contributed by atoms with E-state index in [0.29, 0.717) is 6.54 Å². The third-order valence-electron chi connectivity index (χ3n) is 4.07. The molecule has 0 saturated carbocycles. The normalized spacial score (nSPS) is 12.0. The van der Waals surface area contributed by atoms with Crippen molar-refractivity contribution in [3.63, 3.8) is 0 Å². The highest BCUT2D eigenvalue weighted by molar-refractivity contribution is 6.32. The Morgan fingerprint density at radius 2 is 2.08 bits per heavy atom. The van der Waals surface area contributed by atoms with Crippen LogP contribution in [-0.4, -0.2) is 28.9 Å². The number of ether oxygens (including phenoxy) is 1. The van der Waals surface area contributed by atoms with E-state index in [1.165, 1.54) is 12.1 Å². The first-order chi connectivity index (χ1) is 12.5. The Kier molecular flexibility index (Phi) is 5.38. The van der Waals surface area contributed by atoms with Crippen LogP contribution in [0.4, 0.5) is 4.39 Å². The number of amides is 1. The topological polar surface area (TPSA) is 42.4 Å². The second kappa shape index (κ2) is 7.70. The number of carbonyl (C=O) groups excluding carboxylic acids is 1. The van der Waals surface area contributed by atoms with Crippen molar-refractivity contribution in [3.8, 4) is 5.75 Å². The molecule has 0 bridgehead atoms. The highest BCUT2D eigenvalue weighted by Gasteiger charge is 2.21. The predicted octanol–water partition coefficient (Wildman–Crippen LogP) is 4.45. The standard InChI is InChI=1S/C20H18ClFN2O2/c1-13(26-19-9-8-15(22)11-17(19)21)20(25)24(2)12-14-5-3-7-18-16(14)6-4-10-23-18/h3-11,13H,12H2,1-2H3/t13-/m0/s1. The van der Waals surface area contributed by atoms with Crippen molar-refractivity contribution in [2.45, 2.75) is 19.6 Å². The molecule has 0 N–H and O–H groups in total. The van der Waals surface area contributed by atoms with E-state index in [-0.39, 0.29) is 16.7 Å². The lowest BCUT2D eigenvalue weighted by Gasteiger charge is -2.23. The van der Waals surface area contributed by atoms with Crippen molar-refractivity contribution >= 4 is 28.4 Å². The van der Waals surface area contributed by atoms with Crippen LogP contribution in [0.5, 0.6) is 5.75 Å². The molecule has 0 aliphatic rings. The fourth-order valence-electron chi connectivity index (χ4n) is 2.76. The van der Waals surface area contributed by atoms with Gasteiger partial charge in [-0.15, -0.1) is 0 Å². The maximum Gasteiger partial charge on any atom is 0.263 e. The first-order valence-corrected chi connectivity index (χ1v) is 8.53. The number of likely N-dealkylation sites (N-methyl/N-ethyl adjacent to an activating group) is 1. The number of hydrogen-bond donors (Lipinski definition) is 0. The second-order valence-corrected chi connectivity index (χ2v) is 6.42. The largest absolute Gasteiger partial charge is 0.479 e. The highest BCUT2D eigenvalue weighted by Crippen LogP contribution is 2.26. The monoisotopic (exact) mass is 372 g/mol. The van der Waals surface area contributed by atoms with Gasteiger partial charge in [0.2, 0.25) is 0 Å². The van der Waals surface area contributed by atoms with Gasteiger partial charge in [0.1, 0.15) is 11.6 Å². The van der Waals surface area contributed by atoms with Crippen LogP contribution in [0.15, 0.2) is 54.7 Å². The van der Waals surface area contributed by atoms with Gasteiger partial charge in [0.15, 0.2) is 6.10 Å². The van der Waals surface area contributed by atoms with E-state index >= 15 is 0 Å². The summed E-state index contributed by atoms with van der Waals surface area (Å²) in [5.74, 6) is -0.383. The summed E-state index contributed by atoms with van der Waals surface area (Å²) in [6.45, 7) is 2.07. The van der Waals surface area contributed by atoms with Crippen molar-refractivity contribution in [1.29, 1.82) is 0 Å². The number of benzene rings is 2. The number of pyridine rings is 1. The maximum absolute atomic E-state index is 13.1. The Labute approximate surface area is 156 Å². The zero-order valence-electron chi connectivity index (χ0n) is 14.4. The molecule has 0 aliphatic heterocycles. The smallest absolute Gasteiger partial charge is 0.263 e. The number of fused-ring (bicyclic) bond motifs is 1. The van der Waals surface area contributed by atoms with Gasteiger partial charge in [-0.25, -0.2) is 4.39 Å². The second-order valence-electron chi connectivity index (χ2n) is 6.02. The molecule has 0 spiro atoms. The van der Waals surface area contributed by atoms with Crippen molar-refractivity contribution in [2.24, 2.45) is 0 Å². The van der Waals surface area contributed by atoms with Crippen LogP contribution in [0.25, 0.3) is 10.9 Å². The molecule has 3 aromatic rings. The molecule has 1 atom stereocenters. The lowest BCUT2D eigenvalue weighted by atomic mass is 10.1. The first-order valence-electron chi connectivity index (χ1n) is 8.15. The fourth-order valence-corrected chi connectivity index (χ4v) is 2.97. The van der Waals surface area contributed by atoms with Crippen LogP contribution < -0.4 is 4.74 Å². The molecule has 1 aromatic heterocycles. The van der Waals surface area contributed by atoms with Gasteiger partial charge in [0.25, 0.3) is 5.91 Å². The van der Waals surface area contributed by atoms with E-state index in [9.17, 15) is 9.18 Å². The van der Waals surface area contributed by atoms with Crippen molar-refractivity contribution < 1.29 is 13.9 Å². The Hall–Kier alpha value is -2.66. The molecule has 26 heavy (non-hydrogen) atoms. The summed E-state index contributed by atoms with van der Waals surface area (Å²) in [7, 11) is 1.71. The zero-order valence-corrected chi connectivity index (χ0v) is 15.2. The van der Waals surface area contributed by atoms with Gasteiger partial charge in [-0.2, -0.15) is 0 Å². The number of rotatable bonds is 5. The van der Waals surface area contributed by atoms with Gasteiger partial charge in [-0.3, -0.25) is 9.78 Å². The molecule has 0 unspecified atom stereocenters. The summed E-state index contributed by atoms with van der Waals surface area (Å²) in [6.07, 6.45) is 0.986. The van der Waals surface area contributed by atoms with E-state index in [1.807, 2.05) is 30.3 Å². The molecule has 0 aliphatic carbocycles. The van der Waals surface area contributed by atoms with E-state index < -0.39 is 11.9 Å². The van der Waals surface area contributed by atoms with Crippen LogP contribution in [0.3, 0.4) is 0 Å². The highest BCUT2D eigenvalue weighted by atomic mass is 35.5. The number of halogens is 2. The minimum Gasteiger partial charge on any atom is -0.479 e. The molecule has 1 amide bonds. The average molecular weight is 373 g/mol. The fraction of sp³-hybridized carbons (Fsp3) is 0.200. The number of aromatic nitrogens is 1. The summed E-state index contributed by atoms with van der Waals surface area (Å²) in [4.78, 5) is 18.5. The third-order valence-corrected chi connectivity index (χ3v) is 4.36. The van der Waals surface area contributed by atoms with Crippen LogP contribution >= 0.6 is 11.6 Å². The van der Waals surface area contributed by atoms with Crippen molar-refractivity contribution in [3.05, 3.63) is 71.1 Å². The minimum atomic E-state index is -0.754. The molecule has 2 aromatic carbocycles. The average Bonchev–Trinajstić information content (AvgIpc) is 2.63. The van der Waals surface area contributed by atoms with Gasteiger partial charge < -0.3 is 9.64 Å². The Balaban J connectivity index is 1.72. The molecule has 3 rings (SSSR count). The molecule has 6 heteroatoms. The van der Waals surface area contributed by atoms with Crippen LogP contribution in [0.1, 0.15) is 12.5 Å². The van der Waals surface area contributed by atoms with E-state index in [2.05, 4.69) is 4.98 Å². The van der Waals surface area contributed by atoms with E-state index in [1.54, 1.807) is 25.1 Å². The van der Waals surface area contributed by atoms with Gasteiger partial charge >= 0.3 is 0 Å². The van der Waals surface area contributed by atoms with Crippen molar-refractivity contribution in [1.82, 2.24) is 9.88 Å². The number of nitrogens with zero attached hydrogens (tertiary/aromatic N) is 2. The molecular formula is C20H18ClFN2O2. The van der Waals surface area contributed by atoms with E-state index in [0.717, 1.165) is 22.5 Å². The lowest BCUT2D eigenvalue weighted by molar-refractivity contribution is -0.137. The summed E-state index contributed by atoms with van der Waals surface area (Å²) in [6, 6.07) is 13.5. The predicted molar refractivity (Wildman–Crippen MR) is 99.7 cm³/mol. The molecule has 1 heterocycles.